The van der Waals surface area contributed by atoms with Crippen molar-refractivity contribution in [3.63, 3.8) is 0 Å². The highest BCUT2D eigenvalue weighted by atomic mass is 16.5. The van der Waals surface area contributed by atoms with Gasteiger partial charge in [0.1, 0.15) is 5.75 Å². The molecule has 0 saturated carbocycles. The maximum absolute atomic E-state index is 12.0. The van der Waals surface area contributed by atoms with Crippen LogP contribution in [0.3, 0.4) is 0 Å². The number of unbranched alkanes of at least 4 members (excludes halogenated alkanes) is 1. The highest BCUT2D eigenvalue weighted by Crippen LogP contribution is 2.31. The number of rotatable bonds is 10. The van der Waals surface area contributed by atoms with Crippen LogP contribution < -0.4 is 15.0 Å². The van der Waals surface area contributed by atoms with Gasteiger partial charge in [0, 0.05) is 32.7 Å². The molecule has 0 fully saturated rings. The summed E-state index contributed by atoms with van der Waals surface area (Å²) < 4.78 is 10.8. The van der Waals surface area contributed by atoms with E-state index in [1.165, 1.54) is 0 Å². The molecule has 1 N–H and O–H groups in total. The molecule has 6 heteroatoms. The topological polar surface area (TPSA) is 67.9 Å². The zero-order valence-electron chi connectivity index (χ0n) is 14.3. The monoisotopic (exact) mass is 334 g/mol. The van der Waals surface area contributed by atoms with Crippen molar-refractivity contribution in [2.75, 3.05) is 37.8 Å². The third kappa shape index (κ3) is 5.53. The Balaban J connectivity index is 1.67. The van der Waals surface area contributed by atoms with E-state index in [1.54, 1.807) is 4.90 Å². The number of benzene rings is 1. The summed E-state index contributed by atoms with van der Waals surface area (Å²) in [5, 5.41) is 2.86. The lowest BCUT2D eigenvalue weighted by molar-refractivity contribution is -0.122. The van der Waals surface area contributed by atoms with Crippen molar-refractivity contribution in [3.8, 4) is 5.75 Å². The van der Waals surface area contributed by atoms with Crippen LogP contribution in [0.15, 0.2) is 24.3 Å². The number of carbonyl (C=O) groups excluding carboxylic acids is 2. The first-order chi connectivity index (χ1) is 11.7. The number of carbonyl (C=O) groups is 2. The lowest BCUT2D eigenvalue weighted by Gasteiger charge is -2.29. The highest BCUT2D eigenvalue weighted by Gasteiger charge is 2.25. The highest BCUT2D eigenvalue weighted by molar-refractivity contribution is 5.98. The molecule has 0 aromatic heterocycles. The SMILES string of the molecule is CCCCOCCCNC(=O)CCN1C(=O)COc2ccccc21. The fourth-order valence-corrected chi connectivity index (χ4v) is 2.45. The second-order valence-electron chi connectivity index (χ2n) is 5.72. The van der Waals surface area contributed by atoms with E-state index in [-0.39, 0.29) is 24.8 Å². The lowest BCUT2D eigenvalue weighted by atomic mass is 10.2. The fourth-order valence-electron chi connectivity index (χ4n) is 2.45. The summed E-state index contributed by atoms with van der Waals surface area (Å²) in [5.74, 6) is 0.507. The molecule has 0 unspecified atom stereocenters. The number of nitrogens with zero attached hydrogens (tertiary/aromatic N) is 1. The van der Waals surface area contributed by atoms with Crippen LogP contribution in [0.25, 0.3) is 0 Å². The molecule has 24 heavy (non-hydrogen) atoms. The van der Waals surface area contributed by atoms with Gasteiger partial charge >= 0.3 is 0 Å². The number of hydrogen-bond acceptors (Lipinski definition) is 4. The van der Waals surface area contributed by atoms with Gasteiger partial charge in [0.25, 0.3) is 5.91 Å². The van der Waals surface area contributed by atoms with E-state index in [0.29, 0.717) is 25.4 Å². The number of ether oxygens (including phenoxy) is 2. The van der Waals surface area contributed by atoms with E-state index < -0.39 is 0 Å². The summed E-state index contributed by atoms with van der Waals surface area (Å²) in [5.41, 5.74) is 0.728. The standard InChI is InChI=1S/C18H26N2O4/c1-2-3-12-23-13-6-10-19-17(21)9-11-20-15-7-4-5-8-16(15)24-14-18(20)22/h4-5,7-8H,2-3,6,9-14H2,1H3,(H,19,21). The quantitative estimate of drug-likeness (QED) is 0.666. The van der Waals surface area contributed by atoms with Crippen molar-refractivity contribution in [1.82, 2.24) is 5.32 Å². The fraction of sp³-hybridized carbons (Fsp3) is 0.556. The van der Waals surface area contributed by atoms with Crippen molar-refractivity contribution in [2.24, 2.45) is 0 Å². The molecule has 2 rings (SSSR count). The first kappa shape index (κ1) is 18.3. The van der Waals surface area contributed by atoms with Crippen molar-refractivity contribution in [2.45, 2.75) is 32.6 Å². The summed E-state index contributed by atoms with van der Waals surface area (Å²) in [6.45, 7) is 4.55. The van der Waals surface area contributed by atoms with E-state index in [0.717, 1.165) is 31.6 Å². The first-order valence-electron chi connectivity index (χ1n) is 8.59. The Morgan fingerprint density at radius 3 is 2.92 bits per heavy atom. The van der Waals surface area contributed by atoms with E-state index in [4.69, 9.17) is 9.47 Å². The first-order valence-corrected chi connectivity index (χ1v) is 8.59. The van der Waals surface area contributed by atoms with Gasteiger partial charge in [-0.15, -0.1) is 0 Å². The van der Waals surface area contributed by atoms with Crippen LogP contribution in [0.2, 0.25) is 0 Å². The van der Waals surface area contributed by atoms with Gasteiger partial charge in [-0.05, 0) is 25.0 Å². The molecule has 1 aliphatic heterocycles. The van der Waals surface area contributed by atoms with Gasteiger partial charge in [-0.1, -0.05) is 25.5 Å². The molecular weight excluding hydrogens is 308 g/mol. The second-order valence-corrected chi connectivity index (χ2v) is 5.72. The maximum atomic E-state index is 12.0. The third-order valence-electron chi connectivity index (χ3n) is 3.80. The van der Waals surface area contributed by atoms with Crippen LogP contribution in [0.1, 0.15) is 32.6 Å². The van der Waals surface area contributed by atoms with Crippen LogP contribution in [0.5, 0.6) is 5.75 Å². The van der Waals surface area contributed by atoms with Gasteiger partial charge in [0.05, 0.1) is 5.69 Å². The molecule has 132 valence electrons. The minimum Gasteiger partial charge on any atom is -0.482 e. The van der Waals surface area contributed by atoms with Crippen LogP contribution >= 0.6 is 0 Å². The predicted molar refractivity (Wildman–Crippen MR) is 92.3 cm³/mol. The van der Waals surface area contributed by atoms with E-state index in [2.05, 4.69) is 12.2 Å². The molecule has 0 saturated heterocycles. The van der Waals surface area contributed by atoms with Crippen LogP contribution in [0.4, 0.5) is 5.69 Å². The largest absolute Gasteiger partial charge is 0.482 e. The van der Waals surface area contributed by atoms with Crippen LogP contribution in [-0.4, -0.2) is 44.7 Å². The van der Waals surface area contributed by atoms with Gasteiger partial charge in [0.2, 0.25) is 5.91 Å². The summed E-state index contributed by atoms with van der Waals surface area (Å²) in [7, 11) is 0. The smallest absolute Gasteiger partial charge is 0.265 e. The Kier molecular flexibility index (Phi) is 7.55. The molecule has 2 amide bonds. The zero-order valence-corrected chi connectivity index (χ0v) is 14.3. The normalized spacial score (nSPS) is 13.4. The number of para-hydroxylation sites is 2. The van der Waals surface area contributed by atoms with Crippen molar-refractivity contribution >= 4 is 17.5 Å². The molecule has 1 aromatic rings. The van der Waals surface area contributed by atoms with Crippen molar-refractivity contribution in [3.05, 3.63) is 24.3 Å². The molecule has 0 aliphatic carbocycles. The Labute approximate surface area is 143 Å². The Morgan fingerprint density at radius 1 is 1.29 bits per heavy atom. The molecule has 1 heterocycles. The number of hydrogen-bond donors (Lipinski definition) is 1. The lowest BCUT2D eigenvalue weighted by Crippen LogP contribution is -2.41. The Morgan fingerprint density at radius 2 is 2.08 bits per heavy atom. The second kappa shape index (κ2) is 9.93. The Bertz CT molecular complexity index is 548. The summed E-state index contributed by atoms with van der Waals surface area (Å²) in [6.07, 6.45) is 3.27. The molecule has 0 atom stereocenters. The molecule has 0 radical (unpaired) electrons. The average molecular weight is 334 g/mol. The number of anilines is 1. The van der Waals surface area contributed by atoms with Gasteiger partial charge in [-0.2, -0.15) is 0 Å². The summed E-state index contributed by atoms with van der Waals surface area (Å²) in [4.78, 5) is 25.5. The number of nitrogens with one attached hydrogen (secondary N) is 1. The van der Waals surface area contributed by atoms with Gasteiger partial charge in [-0.3, -0.25) is 9.59 Å². The molecular formula is C18H26N2O4. The van der Waals surface area contributed by atoms with Crippen LogP contribution in [0, 0.1) is 0 Å². The van der Waals surface area contributed by atoms with Gasteiger partial charge in [0.15, 0.2) is 6.61 Å². The van der Waals surface area contributed by atoms with Crippen LogP contribution in [-0.2, 0) is 14.3 Å². The molecule has 1 aromatic carbocycles. The van der Waals surface area contributed by atoms with Gasteiger partial charge in [-0.25, -0.2) is 0 Å². The van der Waals surface area contributed by atoms with Gasteiger partial charge < -0.3 is 19.7 Å². The predicted octanol–water partition coefficient (Wildman–Crippen LogP) is 2.13. The van der Waals surface area contributed by atoms with E-state index in [1.807, 2.05) is 24.3 Å². The molecule has 6 nitrogen and oxygen atoms in total. The molecule has 1 aliphatic rings. The van der Waals surface area contributed by atoms with E-state index in [9.17, 15) is 9.59 Å². The molecule has 0 spiro atoms. The summed E-state index contributed by atoms with van der Waals surface area (Å²) in [6, 6.07) is 7.37. The summed E-state index contributed by atoms with van der Waals surface area (Å²) >= 11 is 0. The average Bonchev–Trinajstić information content (AvgIpc) is 2.60. The Hall–Kier alpha value is -2.08. The van der Waals surface area contributed by atoms with E-state index >= 15 is 0 Å². The molecule has 0 bridgehead atoms. The minimum absolute atomic E-state index is 0.0216. The minimum atomic E-state index is -0.120. The van der Waals surface area contributed by atoms with Crippen molar-refractivity contribution in [1.29, 1.82) is 0 Å². The third-order valence-corrected chi connectivity index (χ3v) is 3.80. The zero-order chi connectivity index (χ0) is 17.2. The maximum Gasteiger partial charge on any atom is 0.265 e. The number of amides is 2. The van der Waals surface area contributed by atoms with Crippen molar-refractivity contribution < 1.29 is 19.1 Å². The number of fused-ring (bicyclic) bond motifs is 1.